The predicted molar refractivity (Wildman–Crippen MR) is 136 cm³/mol. The summed E-state index contributed by atoms with van der Waals surface area (Å²) >= 11 is 6.26. The summed E-state index contributed by atoms with van der Waals surface area (Å²) in [4.78, 5) is 18.2. The van der Waals surface area contributed by atoms with E-state index in [1.807, 2.05) is 47.3 Å². The number of anilines is 1. The molecule has 0 amide bonds. The van der Waals surface area contributed by atoms with E-state index in [0.29, 0.717) is 5.02 Å². The molecule has 9 heteroatoms. The van der Waals surface area contributed by atoms with E-state index in [9.17, 15) is 0 Å². The van der Waals surface area contributed by atoms with E-state index in [1.165, 1.54) is 0 Å². The van der Waals surface area contributed by atoms with Gasteiger partial charge in [-0.2, -0.15) is 5.10 Å². The van der Waals surface area contributed by atoms with Gasteiger partial charge in [0, 0.05) is 28.5 Å². The first-order valence-corrected chi connectivity index (χ1v) is 12.1. The highest BCUT2D eigenvalue weighted by Gasteiger charge is 2.22. The molecule has 0 bridgehead atoms. The minimum Gasteiger partial charge on any atom is -0.368 e. The number of nitrogen functional groups attached to an aromatic ring is 1. The van der Waals surface area contributed by atoms with E-state index >= 15 is 0 Å². The minimum atomic E-state index is -0.0953. The summed E-state index contributed by atoms with van der Waals surface area (Å²) in [5.74, 6) is 0.209. The number of nitrogens with zero attached hydrogens (tertiary/aromatic N) is 6. The van der Waals surface area contributed by atoms with Crippen molar-refractivity contribution in [2.24, 2.45) is 0 Å². The fourth-order valence-electron chi connectivity index (χ4n) is 4.80. The molecule has 1 aliphatic heterocycles. The second kappa shape index (κ2) is 8.87. The summed E-state index contributed by atoms with van der Waals surface area (Å²) in [6.07, 6.45) is 6.43. The maximum atomic E-state index is 6.26. The maximum absolute atomic E-state index is 6.26. The normalized spacial score (nSPS) is 17.1. The summed E-state index contributed by atoms with van der Waals surface area (Å²) in [6.45, 7) is 2.84. The van der Waals surface area contributed by atoms with E-state index < -0.39 is 0 Å². The Balaban J connectivity index is 1.48. The van der Waals surface area contributed by atoms with E-state index in [1.54, 1.807) is 6.33 Å². The number of aromatic nitrogens is 6. The Labute approximate surface area is 207 Å². The molecule has 8 nitrogen and oxygen atoms in total. The number of fused-ring (bicyclic) bond motifs is 2. The second-order valence-electron chi connectivity index (χ2n) is 8.85. The van der Waals surface area contributed by atoms with Crippen LogP contribution in [0.3, 0.4) is 0 Å². The highest BCUT2D eigenvalue weighted by atomic mass is 35.5. The fraction of sp³-hybridized carbons (Fsp3) is 0.269. The lowest BCUT2D eigenvalue weighted by Crippen LogP contribution is -2.19. The Morgan fingerprint density at radius 2 is 2.00 bits per heavy atom. The summed E-state index contributed by atoms with van der Waals surface area (Å²) in [6, 6.07) is 13.8. The molecule has 2 aromatic carbocycles. The average molecular weight is 486 g/mol. The molecule has 2 atom stereocenters. The van der Waals surface area contributed by atoms with Gasteiger partial charge in [0.05, 0.1) is 28.5 Å². The van der Waals surface area contributed by atoms with Crippen LogP contribution in [0.2, 0.25) is 5.02 Å². The molecule has 0 radical (unpaired) electrons. The van der Waals surface area contributed by atoms with Gasteiger partial charge in [0.1, 0.15) is 6.33 Å². The number of halogens is 1. The number of hydrogen-bond donors (Lipinski definition) is 1. The molecule has 1 aliphatic rings. The Bertz CT molecular complexity index is 1540. The Morgan fingerprint density at radius 1 is 1.09 bits per heavy atom. The lowest BCUT2D eigenvalue weighted by molar-refractivity contribution is -0.0370. The smallest absolute Gasteiger partial charge is 0.220 e. The third-order valence-corrected chi connectivity index (χ3v) is 6.83. The second-order valence-corrected chi connectivity index (χ2v) is 9.28. The number of hydrogen-bond acceptors (Lipinski definition) is 7. The van der Waals surface area contributed by atoms with Gasteiger partial charge in [-0.05, 0) is 49.1 Å². The quantitative estimate of drug-likeness (QED) is 0.357. The molecule has 1 fully saturated rings. The van der Waals surface area contributed by atoms with Crippen LogP contribution in [0.15, 0.2) is 55.0 Å². The number of ether oxygens (including phenoxy) is 1. The number of rotatable bonds is 4. The van der Waals surface area contributed by atoms with Crippen LogP contribution in [0.1, 0.15) is 49.6 Å². The van der Waals surface area contributed by atoms with Gasteiger partial charge >= 0.3 is 0 Å². The zero-order chi connectivity index (χ0) is 23.9. The third-order valence-electron chi connectivity index (χ3n) is 6.59. The molecule has 1 unspecified atom stereocenters. The lowest BCUT2D eigenvalue weighted by Gasteiger charge is -2.22. The van der Waals surface area contributed by atoms with Crippen molar-refractivity contribution < 1.29 is 4.74 Å². The van der Waals surface area contributed by atoms with Gasteiger partial charge < -0.3 is 10.5 Å². The largest absolute Gasteiger partial charge is 0.368 e. The fourth-order valence-corrected chi connectivity index (χ4v) is 5.00. The van der Waals surface area contributed by atoms with Gasteiger partial charge in [0.15, 0.2) is 11.9 Å². The SMILES string of the molecule is C[C@H](c1cccc(Cl)c1)c1nc(N)nc2ccc(-c3ncnc4c3cnn4C3CCCCO3)cc12. The molecule has 4 heterocycles. The molecule has 5 aromatic rings. The van der Waals surface area contributed by atoms with Crippen LogP contribution in [0.25, 0.3) is 33.2 Å². The van der Waals surface area contributed by atoms with Crippen molar-refractivity contribution in [2.75, 3.05) is 12.3 Å². The summed E-state index contributed by atoms with van der Waals surface area (Å²) in [5.41, 5.74) is 11.3. The van der Waals surface area contributed by atoms with Crippen molar-refractivity contribution >= 4 is 39.5 Å². The maximum Gasteiger partial charge on any atom is 0.220 e. The van der Waals surface area contributed by atoms with Gasteiger partial charge in [0.25, 0.3) is 0 Å². The van der Waals surface area contributed by atoms with Crippen molar-refractivity contribution in [3.63, 3.8) is 0 Å². The molecule has 1 saturated heterocycles. The molecule has 0 spiro atoms. The molecular weight excluding hydrogens is 462 g/mol. The lowest BCUT2D eigenvalue weighted by atomic mass is 9.93. The molecular formula is C26H24ClN7O. The summed E-state index contributed by atoms with van der Waals surface area (Å²) in [5, 5.41) is 7.08. The highest BCUT2D eigenvalue weighted by Crippen LogP contribution is 2.34. The first-order chi connectivity index (χ1) is 17.1. The molecule has 176 valence electrons. The van der Waals surface area contributed by atoms with Crippen molar-refractivity contribution in [3.05, 3.63) is 71.3 Å². The number of benzene rings is 2. The standard InChI is InChI=1S/C26H24ClN7O/c1-15(16-5-4-6-18(27)11-16)23-19-12-17(8-9-21(19)32-26(28)33-23)24-20-13-31-34(25(20)30-14-29-24)22-7-2-3-10-35-22/h4-6,8-9,11-15,22H,2-3,7,10H2,1H3,(H2,28,32,33)/t15-,22?/m1/s1. The molecule has 2 N–H and O–H groups in total. The molecule has 3 aromatic heterocycles. The van der Waals surface area contributed by atoms with Crippen LogP contribution in [-0.2, 0) is 4.74 Å². The molecule has 6 rings (SSSR count). The van der Waals surface area contributed by atoms with E-state index in [2.05, 4.69) is 38.0 Å². The van der Waals surface area contributed by atoms with Crippen LogP contribution < -0.4 is 5.73 Å². The first kappa shape index (κ1) is 21.9. The first-order valence-electron chi connectivity index (χ1n) is 11.7. The van der Waals surface area contributed by atoms with Gasteiger partial charge in [-0.25, -0.2) is 24.6 Å². The van der Waals surface area contributed by atoms with Crippen molar-refractivity contribution in [2.45, 2.75) is 38.3 Å². The van der Waals surface area contributed by atoms with Gasteiger partial charge in [-0.3, -0.25) is 0 Å². The molecule has 0 saturated carbocycles. The van der Waals surface area contributed by atoms with Crippen LogP contribution in [0, 0.1) is 0 Å². The topological polar surface area (TPSA) is 105 Å². The van der Waals surface area contributed by atoms with E-state index in [0.717, 1.165) is 70.3 Å². The Kier molecular flexibility index (Phi) is 5.54. The minimum absolute atomic E-state index is 0.0339. The third kappa shape index (κ3) is 3.98. The molecule has 35 heavy (non-hydrogen) atoms. The molecule has 0 aliphatic carbocycles. The van der Waals surface area contributed by atoms with Crippen molar-refractivity contribution in [3.8, 4) is 11.3 Å². The van der Waals surface area contributed by atoms with Crippen molar-refractivity contribution in [1.82, 2.24) is 29.7 Å². The zero-order valence-electron chi connectivity index (χ0n) is 19.2. The van der Waals surface area contributed by atoms with Crippen LogP contribution in [-0.4, -0.2) is 36.3 Å². The Hall–Kier alpha value is -3.62. The van der Waals surface area contributed by atoms with Crippen LogP contribution in [0.5, 0.6) is 0 Å². The van der Waals surface area contributed by atoms with Crippen molar-refractivity contribution in [1.29, 1.82) is 0 Å². The summed E-state index contributed by atoms with van der Waals surface area (Å²) in [7, 11) is 0. The zero-order valence-corrected chi connectivity index (χ0v) is 20.0. The van der Waals surface area contributed by atoms with E-state index in [4.69, 9.17) is 22.1 Å². The van der Waals surface area contributed by atoms with Crippen LogP contribution in [0.4, 0.5) is 5.95 Å². The highest BCUT2D eigenvalue weighted by molar-refractivity contribution is 6.30. The van der Waals surface area contributed by atoms with Gasteiger partial charge in [-0.1, -0.05) is 36.7 Å². The Morgan fingerprint density at radius 3 is 2.83 bits per heavy atom. The summed E-state index contributed by atoms with van der Waals surface area (Å²) < 4.78 is 7.81. The van der Waals surface area contributed by atoms with E-state index in [-0.39, 0.29) is 18.1 Å². The average Bonchev–Trinajstić information content (AvgIpc) is 3.32. The number of nitrogens with two attached hydrogens (primary N) is 1. The van der Waals surface area contributed by atoms with Crippen LogP contribution >= 0.6 is 11.6 Å². The monoisotopic (exact) mass is 485 g/mol. The van der Waals surface area contributed by atoms with Gasteiger partial charge in [0.2, 0.25) is 5.95 Å². The van der Waals surface area contributed by atoms with Gasteiger partial charge in [-0.15, -0.1) is 0 Å². The predicted octanol–water partition coefficient (Wildman–Crippen LogP) is 5.52.